The zero-order valence-electron chi connectivity index (χ0n) is 21.6. The van der Waals surface area contributed by atoms with Gasteiger partial charge in [0.05, 0.1) is 13.2 Å². The standard InChI is InChI=1S/C29H31N7O2/c1-3-21-11-12-26-24(16-21)17-25(29(37)31-26)27(28-32-33-34-36(28)14-15-38-2)35(19-22-8-5-4-6-9-22)20-23-10-7-13-30-18-23/h4-13,16-18,27H,3,14-15,19-20H2,1-2H3,(H,31,37)/t27-/m1/s1. The van der Waals surface area contributed by atoms with E-state index in [1.54, 1.807) is 18.0 Å². The van der Waals surface area contributed by atoms with Crippen LogP contribution in [-0.4, -0.2) is 48.8 Å². The molecule has 0 amide bonds. The molecule has 0 aliphatic rings. The molecule has 0 saturated carbocycles. The van der Waals surface area contributed by atoms with E-state index in [2.05, 4.69) is 55.5 Å². The summed E-state index contributed by atoms with van der Waals surface area (Å²) in [6.45, 7) is 4.14. The third kappa shape index (κ3) is 5.69. The van der Waals surface area contributed by atoms with E-state index in [4.69, 9.17) is 4.74 Å². The van der Waals surface area contributed by atoms with Gasteiger partial charge >= 0.3 is 0 Å². The van der Waals surface area contributed by atoms with Gasteiger partial charge in [-0.25, -0.2) is 4.68 Å². The number of hydrogen-bond acceptors (Lipinski definition) is 7. The zero-order valence-corrected chi connectivity index (χ0v) is 21.6. The van der Waals surface area contributed by atoms with Gasteiger partial charge in [-0.15, -0.1) is 5.10 Å². The van der Waals surface area contributed by atoms with Crippen LogP contribution in [0.15, 0.2) is 83.9 Å². The average Bonchev–Trinajstić information content (AvgIpc) is 3.41. The van der Waals surface area contributed by atoms with Gasteiger partial charge in [0.25, 0.3) is 5.56 Å². The second kappa shape index (κ2) is 11.9. The van der Waals surface area contributed by atoms with Gasteiger partial charge in [0.2, 0.25) is 0 Å². The predicted octanol–water partition coefficient (Wildman–Crippen LogP) is 3.91. The molecule has 5 rings (SSSR count). The highest BCUT2D eigenvalue weighted by Gasteiger charge is 2.31. The minimum Gasteiger partial charge on any atom is -0.383 e. The Morgan fingerprint density at radius 2 is 1.82 bits per heavy atom. The molecule has 3 heterocycles. The van der Waals surface area contributed by atoms with Crippen LogP contribution in [0.4, 0.5) is 0 Å². The van der Waals surface area contributed by atoms with Crippen molar-refractivity contribution < 1.29 is 4.74 Å². The summed E-state index contributed by atoms with van der Waals surface area (Å²) in [6, 6.07) is 21.7. The molecule has 0 saturated heterocycles. The Bertz CT molecular complexity index is 1490. The molecule has 0 radical (unpaired) electrons. The van der Waals surface area contributed by atoms with Gasteiger partial charge in [-0.2, -0.15) is 0 Å². The van der Waals surface area contributed by atoms with Crippen molar-refractivity contribution in [2.75, 3.05) is 13.7 Å². The molecule has 9 nitrogen and oxygen atoms in total. The maximum Gasteiger partial charge on any atom is 0.253 e. The zero-order chi connectivity index (χ0) is 26.3. The van der Waals surface area contributed by atoms with Crippen molar-refractivity contribution in [3.63, 3.8) is 0 Å². The predicted molar refractivity (Wildman–Crippen MR) is 145 cm³/mol. The summed E-state index contributed by atoms with van der Waals surface area (Å²) in [5.74, 6) is 0.582. The average molecular weight is 510 g/mol. The fourth-order valence-electron chi connectivity index (χ4n) is 4.72. The maximum absolute atomic E-state index is 13.7. The molecule has 0 bridgehead atoms. The molecule has 3 aromatic heterocycles. The molecule has 194 valence electrons. The molecule has 1 N–H and O–H groups in total. The topological polar surface area (TPSA) is 102 Å². The third-order valence-corrected chi connectivity index (χ3v) is 6.65. The van der Waals surface area contributed by atoms with Crippen LogP contribution in [0.3, 0.4) is 0 Å². The smallest absolute Gasteiger partial charge is 0.253 e. The van der Waals surface area contributed by atoms with E-state index in [-0.39, 0.29) is 5.56 Å². The first-order chi connectivity index (χ1) is 18.7. The van der Waals surface area contributed by atoms with E-state index in [9.17, 15) is 4.79 Å². The molecule has 0 spiro atoms. The molecular formula is C29H31N7O2. The number of H-pyrrole nitrogens is 1. The summed E-state index contributed by atoms with van der Waals surface area (Å²) in [7, 11) is 1.64. The van der Waals surface area contributed by atoms with E-state index in [0.717, 1.165) is 28.5 Å². The van der Waals surface area contributed by atoms with Crippen LogP contribution in [-0.2, 0) is 30.8 Å². The van der Waals surface area contributed by atoms with Gasteiger partial charge in [-0.05, 0) is 63.2 Å². The number of tetrazole rings is 1. The van der Waals surface area contributed by atoms with Crippen molar-refractivity contribution in [1.82, 2.24) is 35.1 Å². The first-order valence-electron chi connectivity index (χ1n) is 12.7. The normalized spacial score (nSPS) is 12.3. The van der Waals surface area contributed by atoms with E-state index in [1.807, 2.05) is 54.7 Å². The highest BCUT2D eigenvalue weighted by Crippen LogP contribution is 2.30. The molecule has 9 heteroatoms. The molecule has 5 aromatic rings. The number of benzene rings is 2. The lowest BCUT2D eigenvalue weighted by atomic mass is 10.0. The van der Waals surface area contributed by atoms with E-state index in [1.165, 1.54) is 5.56 Å². The van der Waals surface area contributed by atoms with Crippen LogP contribution in [0.5, 0.6) is 0 Å². The molecular weight excluding hydrogens is 478 g/mol. The number of fused-ring (bicyclic) bond motifs is 1. The summed E-state index contributed by atoms with van der Waals surface area (Å²) >= 11 is 0. The fourth-order valence-corrected chi connectivity index (χ4v) is 4.72. The van der Waals surface area contributed by atoms with Gasteiger partial charge in [0.15, 0.2) is 5.82 Å². The monoisotopic (exact) mass is 509 g/mol. The summed E-state index contributed by atoms with van der Waals surface area (Å²) in [5, 5.41) is 13.6. The maximum atomic E-state index is 13.7. The van der Waals surface area contributed by atoms with Crippen LogP contribution < -0.4 is 5.56 Å². The summed E-state index contributed by atoms with van der Waals surface area (Å²) in [5.41, 5.74) is 4.55. The van der Waals surface area contributed by atoms with Crippen LogP contribution >= 0.6 is 0 Å². The molecule has 0 fully saturated rings. The van der Waals surface area contributed by atoms with Crippen molar-refractivity contribution in [2.45, 2.75) is 39.0 Å². The number of methoxy groups -OCH3 is 1. The van der Waals surface area contributed by atoms with Crippen LogP contribution in [0, 0.1) is 0 Å². The van der Waals surface area contributed by atoms with Gasteiger partial charge in [0.1, 0.15) is 6.04 Å². The molecule has 38 heavy (non-hydrogen) atoms. The van der Waals surface area contributed by atoms with Gasteiger partial charge in [0, 0.05) is 43.7 Å². The summed E-state index contributed by atoms with van der Waals surface area (Å²) in [4.78, 5) is 23.3. The molecule has 0 unspecified atom stereocenters. The number of ether oxygens (including phenoxy) is 1. The van der Waals surface area contributed by atoms with Crippen LogP contribution in [0.25, 0.3) is 10.9 Å². The molecule has 0 aliphatic heterocycles. The largest absolute Gasteiger partial charge is 0.383 e. The van der Waals surface area contributed by atoms with Crippen molar-refractivity contribution in [2.24, 2.45) is 0 Å². The number of aryl methyl sites for hydroxylation is 1. The van der Waals surface area contributed by atoms with Crippen LogP contribution in [0.2, 0.25) is 0 Å². The van der Waals surface area contributed by atoms with Crippen molar-refractivity contribution >= 4 is 10.9 Å². The first kappa shape index (κ1) is 25.4. The number of nitrogens with zero attached hydrogens (tertiary/aromatic N) is 6. The van der Waals surface area contributed by atoms with Crippen molar-refractivity contribution in [1.29, 1.82) is 0 Å². The van der Waals surface area contributed by atoms with Crippen molar-refractivity contribution in [3.8, 4) is 0 Å². The van der Waals surface area contributed by atoms with Gasteiger partial charge in [-0.3, -0.25) is 14.7 Å². The van der Waals surface area contributed by atoms with Crippen LogP contribution in [0.1, 0.15) is 41.0 Å². The number of pyridine rings is 2. The van der Waals surface area contributed by atoms with Gasteiger partial charge < -0.3 is 9.72 Å². The summed E-state index contributed by atoms with van der Waals surface area (Å²) < 4.78 is 7.03. The highest BCUT2D eigenvalue weighted by molar-refractivity contribution is 5.80. The molecule has 0 aliphatic carbocycles. The Balaban J connectivity index is 1.69. The Hall–Kier alpha value is -4.21. The van der Waals surface area contributed by atoms with E-state index in [0.29, 0.717) is 37.6 Å². The minimum atomic E-state index is -0.527. The highest BCUT2D eigenvalue weighted by atomic mass is 16.5. The number of aromatic nitrogens is 6. The Morgan fingerprint density at radius 1 is 1.00 bits per heavy atom. The first-order valence-corrected chi connectivity index (χ1v) is 12.7. The lowest BCUT2D eigenvalue weighted by Gasteiger charge is -2.31. The molecule has 2 aromatic carbocycles. The van der Waals surface area contributed by atoms with E-state index >= 15 is 0 Å². The lowest BCUT2D eigenvalue weighted by molar-refractivity contribution is 0.169. The number of aromatic amines is 1. The number of nitrogens with one attached hydrogen (secondary N) is 1. The fraction of sp³-hybridized carbons (Fsp3) is 0.276. The Morgan fingerprint density at radius 3 is 2.58 bits per heavy atom. The second-order valence-electron chi connectivity index (χ2n) is 9.24. The quantitative estimate of drug-likeness (QED) is 0.288. The van der Waals surface area contributed by atoms with Crippen molar-refractivity contribution in [3.05, 3.63) is 118 Å². The Labute approximate surface area is 221 Å². The second-order valence-corrected chi connectivity index (χ2v) is 9.24. The lowest BCUT2D eigenvalue weighted by Crippen LogP contribution is -2.35. The minimum absolute atomic E-state index is 0.169. The molecule has 1 atom stereocenters. The third-order valence-electron chi connectivity index (χ3n) is 6.65. The Kier molecular flexibility index (Phi) is 7.96. The van der Waals surface area contributed by atoms with E-state index < -0.39 is 6.04 Å². The number of rotatable bonds is 11. The summed E-state index contributed by atoms with van der Waals surface area (Å²) in [6.07, 6.45) is 4.51. The SMILES string of the molecule is CCc1ccc2[nH]c(=O)c([C@H](c3nnnn3CCOC)N(Cc3ccccc3)Cc3cccnc3)cc2c1. The number of hydrogen-bond donors (Lipinski definition) is 1. The van der Waals surface area contributed by atoms with Gasteiger partial charge in [-0.1, -0.05) is 49.4 Å².